The van der Waals surface area contributed by atoms with E-state index < -0.39 is 0 Å². The van der Waals surface area contributed by atoms with Gasteiger partial charge in [-0.25, -0.2) is 0 Å². The lowest BCUT2D eigenvalue weighted by Crippen LogP contribution is -2.25. The molecule has 2 aromatic rings. The maximum atomic E-state index is 12.0. The van der Waals surface area contributed by atoms with Crippen LogP contribution in [0.25, 0.3) is 0 Å². The molecule has 0 aliphatic carbocycles. The Hall–Kier alpha value is -1.36. The molecule has 0 saturated heterocycles. The largest absolute Gasteiger partial charge is 0.352 e. The van der Waals surface area contributed by atoms with E-state index >= 15 is 0 Å². The zero-order chi connectivity index (χ0) is 14.4. The molecule has 0 heterocycles. The average molecular weight is 379 g/mol. The molecule has 0 aliphatic heterocycles. The second-order valence-electron chi connectivity index (χ2n) is 4.87. The third-order valence-electron chi connectivity index (χ3n) is 3.32. The molecule has 1 unspecified atom stereocenters. The van der Waals surface area contributed by atoms with E-state index in [1.54, 1.807) is 0 Å². The van der Waals surface area contributed by atoms with Crippen molar-refractivity contribution in [3.63, 3.8) is 0 Å². The van der Waals surface area contributed by atoms with Crippen LogP contribution < -0.4 is 5.32 Å². The van der Waals surface area contributed by atoms with Crippen LogP contribution >= 0.6 is 22.6 Å². The highest BCUT2D eigenvalue weighted by atomic mass is 127. The summed E-state index contributed by atoms with van der Waals surface area (Å²) < 4.78 is 1.08. The van der Waals surface area contributed by atoms with Crippen LogP contribution in [0.1, 0.15) is 35.2 Å². The predicted octanol–water partition coefficient (Wildman–Crippen LogP) is 4.21. The fourth-order valence-corrected chi connectivity index (χ4v) is 2.63. The molecule has 3 heteroatoms. The first-order valence-corrected chi connectivity index (χ1v) is 7.83. The molecule has 2 aromatic carbocycles. The highest BCUT2D eigenvalue weighted by molar-refractivity contribution is 14.1. The Morgan fingerprint density at radius 1 is 1.15 bits per heavy atom. The number of nitrogens with one attached hydrogen (secondary N) is 1. The van der Waals surface area contributed by atoms with Gasteiger partial charge in [-0.1, -0.05) is 43.3 Å². The molecule has 2 rings (SSSR count). The van der Waals surface area contributed by atoms with Crippen LogP contribution in [-0.2, 0) is 0 Å². The number of halogens is 1. The number of rotatable bonds is 5. The van der Waals surface area contributed by atoms with Crippen molar-refractivity contribution in [1.29, 1.82) is 0 Å². The van der Waals surface area contributed by atoms with E-state index in [0.29, 0.717) is 12.5 Å². The van der Waals surface area contributed by atoms with Gasteiger partial charge in [-0.3, -0.25) is 4.79 Å². The van der Waals surface area contributed by atoms with E-state index in [2.05, 4.69) is 59.1 Å². The molecule has 0 saturated carbocycles. The quantitative estimate of drug-likeness (QED) is 0.775. The van der Waals surface area contributed by atoms with E-state index in [4.69, 9.17) is 0 Å². The van der Waals surface area contributed by atoms with Crippen LogP contribution in [0.2, 0.25) is 0 Å². The molecule has 1 atom stereocenters. The monoisotopic (exact) mass is 379 g/mol. The Bertz CT molecular complexity index is 568. The van der Waals surface area contributed by atoms with Gasteiger partial charge >= 0.3 is 0 Å². The summed E-state index contributed by atoms with van der Waals surface area (Å²) in [5, 5.41) is 2.98. The normalized spacial score (nSPS) is 11.9. The zero-order valence-electron chi connectivity index (χ0n) is 11.5. The van der Waals surface area contributed by atoms with E-state index in [1.807, 2.05) is 30.3 Å². The SMILES string of the molecule is CC(CCNC(=O)c1cccc(I)c1)c1ccccc1. The van der Waals surface area contributed by atoms with Gasteiger partial charge in [-0.2, -0.15) is 0 Å². The maximum absolute atomic E-state index is 12.0. The Kier molecular flexibility index (Phi) is 5.59. The van der Waals surface area contributed by atoms with Gasteiger partial charge in [0, 0.05) is 15.7 Å². The molecule has 0 aliphatic rings. The molecule has 0 spiro atoms. The average Bonchev–Trinajstić information content (AvgIpc) is 2.48. The molecular weight excluding hydrogens is 361 g/mol. The lowest BCUT2D eigenvalue weighted by atomic mass is 9.98. The molecule has 1 N–H and O–H groups in total. The van der Waals surface area contributed by atoms with Gasteiger partial charge in [0.2, 0.25) is 0 Å². The first kappa shape index (κ1) is 15.0. The topological polar surface area (TPSA) is 29.1 Å². The standard InChI is InChI=1S/C17H18INO/c1-13(14-6-3-2-4-7-14)10-11-19-17(20)15-8-5-9-16(18)12-15/h2-9,12-13H,10-11H2,1H3,(H,19,20). The van der Waals surface area contributed by atoms with Gasteiger partial charge in [-0.15, -0.1) is 0 Å². The lowest BCUT2D eigenvalue weighted by Gasteiger charge is -2.12. The summed E-state index contributed by atoms with van der Waals surface area (Å²) in [5.74, 6) is 0.455. The summed E-state index contributed by atoms with van der Waals surface area (Å²) in [4.78, 5) is 12.0. The van der Waals surface area contributed by atoms with Gasteiger partial charge in [0.1, 0.15) is 0 Å². The van der Waals surface area contributed by atoms with Crippen molar-refractivity contribution >= 4 is 28.5 Å². The Balaban J connectivity index is 1.83. The van der Waals surface area contributed by atoms with Crippen LogP contribution in [0, 0.1) is 3.57 Å². The number of benzene rings is 2. The van der Waals surface area contributed by atoms with Crippen molar-refractivity contribution in [2.24, 2.45) is 0 Å². The molecular formula is C17H18INO. The van der Waals surface area contributed by atoms with E-state index in [-0.39, 0.29) is 5.91 Å². The number of carbonyl (C=O) groups excluding carboxylic acids is 1. The van der Waals surface area contributed by atoms with Crippen LogP contribution in [0.15, 0.2) is 54.6 Å². The van der Waals surface area contributed by atoms with E-state index in [0.717, 1.165) is 15.6 Å². The molecule has 0 fully saturated rings. The number of hydrogen-bond acceptors (Lipinski definition) is 1. The number of hydrogen-bond donors (Lipinski definition) is 1. The fourth-order valence-electron chi connectivity index (χ4n) is 2.08. The van der Waals surface area contributed by atoms with Crippen molar-refractivity contribution in [3.8, 4) is 0 Å². The van der Waals surface area contributed by atoms with Crippen molar-refractivity contribution in [1.82, 2.24) is 5.32 Å². The third-order valence-corrected chi connectivity index (χ3v) is 3.99. The smallest absolute Gasteiger partial charge is 0.251 e. The second-order valence-corrected chi connectivity index (χ2v) is 6.11. The summed E-state index contributed by atoms with van der Waals surface area (Å²) in [6.45, 7) is 2.88. The van der Waals surface area contributed by atoms with Crippen molar-refractivity contribution < 1.29 is 4.79 Å². The summed E-state index contributed by atoms with van der Waals surface area (Å²) in [6, 6.07) is 18.0. The lowest BCUT2D eigenvalue weighted by molar-refractivity contribution is 0.0952. The zero-order valence-corrected chi connectivity index (χ0v) is 13.6. The Morgan fingerprint density at radius 3 is 2.60 bits per heavy atom. The van der Waals surface area contributed by atoms with Crippen molar-refractivity contribution in [3.05, 3.63) is 69.3 Å². The summed E-state index contributed by atoms with van der Waals surface area (Å²) in [6.07, 6.45) is 0.944. The first-order valence-electron chi connectivity index (χ1n) is 6.75. The summed E-state index contributed by atoms with van der Waals surface area (Å²) in [5.41, 5.74) is 2.04. The van der Waals surface area contributed by atoms with Crippen molar-refractivity contribution in [2.45, 2.75) is 19.3 Å². The van der Waals surface area contributed by atoms with Crippen molar-refractivity contribution in [2.75, 3.05) is 6.54 Å². The summed E-state index contributed by atoms with van der Waals surface area (Å²) >= 11 is 2.21. The Labute approximate surface area is 133 Å². The minimum absolute atomic E-state index is 0.00350. The highest BCUT2D eigenvalue weighted by Gasteiger charge is 2.08. The summed E-state index contributed by atoms with van der Waals surface area (Å²) in [7, 11) is 0. The molecule has 0 bridgehead atoms. The predicted molar refractivity (Wildman–Crippen MR) is 91.0 cm³/mol. The highest BCUT2D eigenvalue weighted by Crippen LogP contribution is 2.17. The molecule has 20 heavy (non-hydrogen) atoms. The Morgan fingerprint density at radius 2 is 1.90 bits per heavy atom. The molecule has 2 nitrogen and oxygen atoms in total. The molecule has 104 valence electrons. The first-order chi connectivity index (χ1) is 9.66. The minimum Gasteiger partial charge on any atom is -0.352 e. The number of amides is 1. The molecule has 1 amide bonds. The molecule has 0 aromatic heterocycles. The van der Waals surface area contributed by atoms with Gasteiger partial charge in [0.15, 0.2) is 0 Å². The number of carbonyl (C=O) groups is 1. The van der Waals surface area contributed by atoms with Crippen LogP contribution in [0.3, 0.4) is 0 Å². The van der Waals surface area contributed by atoms with Crippen LogP contribution in [0.5, 0.6) is 0 Å². The van der Waals surface area contributed by atoms with Gasteiger partial charge in [-0.05, 0) is 58.7 Å². The third kappa shape index (κ3) is 4.34. The van der Waals surface area contributed by atoms with Gasteiger partial charge < -0.3 is 5.32 Å². The van der Waals surface area contributed by atoms with Gasteiger partial charge in [0.05, 0.1) is 0 Å². The second kappa shape index (κ2) is 7.43. The van der Waals surface area contributed by atoms with E-state index in [1.165, 1.54) is 5.56 Å². The van der Waals surface area contributed by atoms with E-state index in [9.17, 15) is 4.79 Å². The minimum atomic E-state index is 0.00350. The van der Waals surface area contributed by atoms with Gasteiger partial charge in [0.25, 0.3) is 5.91 Å². The van der Waals surface area contributed by atoms with Crippen LogP contribution in [-0.4, -0.2) is 12.5 Å². The maximum Gasteiger partial charge on any atom is 0.251 e. The van der Waals surface area contributed by atoms with Crippen LogP contribution in [0.4, 0.5) is 0 Å². The fraction of sp³-hybridized carbons (Fsp3) is 0.235. The molecule has 0 radical (unpaired) electrons.